The molecule has 0 radical (unpaired) electrons. The van der Waals surface area contributed by atoms with E-state index in [1.54, 1.807) is 7.11 Å². The van der Waals surface area contributed by atoms with Crippen LogP contribution >= 0.6 is 0 Å². The van der Waals surface area contributed by atoms with Gasteiger partial charge < -0.3 is 20.7 Å². The number of likely N-dealkylation sites (tertiary alicyclic amines) is 1. The molecule has 0 aliphatic carbocycles. The van der Waals surface area contributed by atoms with Crippen LogP contribution in [0.15, 0.2) is 29.3 Å². The van der Waals surface area contributed by atoms with Crippen LogP contribution in [0.5, 0.6) is 5.75 Å². The second-order valence-electron chi connectivity index (χ2n) is 7.39. The van der Waals surface area contributed by atoms with E-state index >= 15 is 0 Å². The molecule has 9 heteroatoms. The van der Waals surface area contributed by atoms with Crippen LogP contribution in [-0.4, -0.2) is 80.6 Å². The monoisotopic (exact) mass is 416 g/mol. The molecule has 0 spiro atoms. The normalized spacial score (nSPS) is 18.5. The van der Waals surface area contributed by atoms with Crippen molar-refractivity contribution < 1.29 is 14.3 Å². The summed E-state index contributed by atoms with van der Waals surface area (Å²) in [4.78, 5) is 31.9. The number of aliphatic imine (C=N–C) groups is 1. The lowest BCUT2D eigenvalue weighted by Gasteiger charge is -2.27. The quantitative estimate of drug-likeness (QED) is 0.315. The zero-order valence-corrected chi connectivity index (χ0v) is 17.8. The Labute approximate surface area is 177 Å². The van der Waals surface area contributed by atoms with Crippen LogP contribution in [0.1, 0.15) is 31.4 Å². The first kappa shape index (κ1) is 21.9. The Hall–Kier alpha value is -2.81. The molecular weight excluding hydrogens is 384 g/mol. The van der Waals surface area contributed by atoms with Gasteiger partial charge >= 0.3 is 6.03 Å². The molecule has 1 unspecified atom stereocenters. The number of imide groups is 1. The largest absolute Gasteiger partial charge is 0.497 e. The van der Waals surface area contributed by atoms with Gasteiger partial charge in [-0.1, -0.05) is 12.1 Å². The van der Waals surface area contributed by atoms with Crippen LogP contribution in [0.25, 0.3) is 0 Å². The third-order valence-corrected chi connectivity index (χ3v) is 5.39. The number of guanidine groups is 1. The number of methoxy groups -OCH3 is 1. The van der Waals surface area contributed by atoms with E-state index in [0.717, 1.165) is 25.4 Å². The summed E-state index contributed by atoms with van der Waals surface area (Å²) in [5, 5.41) is 9.00. The van der Waals surface area contributed by atoms with Crippen LogP contribution in [-0.2, 0) is 4.79 Å². The van der Waals surface area contributed by atoms with Gasteiger partial charge in [-0.25, -0.2) is 4.79 Å². The standard InChI is InChI=1S/C21H32N6O3/c1-3-22-20(23-9-12-27-19(28)15-25-21(27)29)24-14-18(26-10-4-5-11-26)16-7-6-8-17(13-16)30-2/h6-8,13,18H,3-5,9-12,14-15H2,1-2H3,(H,25,29)(H2,22,23,24). The van der Waals surface area contributed by atoms with Gasteiger partial charge in [0.05, 0.1) is 26.2 Å². The van der Waals surface area contributed by atoms with Crippen molar-refractivity contribution in [2.45, 2.75) is 25.8 Å². The summed E-state index contributed by atoms with van der Waals surface area (Å²) in [5.74, 6) is 1.33. The van der Waals surface area contributed by atoms with E-state index < -0.39 is 0 Å². The van der Waals surface area contributed by atoms with Crippen molar-refractivity contribution in [3.05, 3.63) is 29.8 Å². The highest BCUT2D eigenvalue weighted by Crippen LogP contribution is 2.27. The second kappa shape index (κ2) is 10.8. The van der Waals surface area contributed by atoms with Gasteiger partial charge in [-0.3, -0.25) is 19.6 Å². The molecular formula is C21H32N6O3. The highest BCUT2D eigenvalue weighted by molar-refractivity contribution is 6.01. The number of hydrogen-bond acceptors (Lipinski definition) is 5. The fraction of sp³-hybridized carbons (Fsp3) is 0.571. The third-order valence-electron chi connectivity index (χ3n) is 5.39. The van der Waals surface area contributed by atoms with E-state index in [-0.39, 0.29) is 24.5 Å². The topological polar surface area (TPSA) is 98.3 Å². The SMILES string of the molecule is CCNC(=NCC(c1cccc(OC)c1)N1CCCC1)NCCN1C(=O)CNC1=O. The van der Waals surface area contributed by atoms with Crippen molar-refractivity contribution in [3.8, 4) is 5.75 Å². The number of nitrogens with zero attached hydrogens (tertiary/aromatic N) is 3. The maximum absolute atomic E-state index is 11.7. The maximum Gasteiger partial charge on any atom is 0.324 e. The number of ether oxygens (including phenoxy) is 1. The molecule has 2 aliphatic heterocycles. The van der Waals surface area contributed by atoms with Crippen LogP contribution in [0.2, 0.25) is 0 Å². The zero-order chi connectivity index (χ0) is 21.3. The number of amides is 3. The van der Waals surface area contributed by atoms with Gasteiger partial charge in [-0.05, 0) is 50.6 Å². The maximum atomic E-state index is 11.7. The van der Waals surface area contributed by atoms with Crippen molar-refractivity contribution >= 4 is 17.9 Å². The Morgan fingerprint density at radius 2 is 2.07 bits per heavy atom. The Morgan fingerprint density at radius 3 is 2.73 bits per heavy atom. The van der Waals surface area contributed by atoms with Gasteiger partial charge in [-0.2, -0.15) is 0 Å². The molecule has 2 fully saturated rings. The molecule has 1 atom stereocenters. The average Bonchev–Trinajstić information content (AvgIpc) is 3.39. The van der Waals surface area contributed by atoms with Gasteiger partial charge in [0.25, 0.3) is 0 Å². The molecule has 9 nitrogen and oxygen atoms in total. The number of hydrogen-bond donors (Lipinski definition) is 3. The number of carbonyl (C=O) groups is 2. The summed E-state index contributed by atoms with van der Waals surface area (Å²) in [6.45, 7) is 6.29. The highest BCUT2D eigenvalue weighted by atomic mass is 16.5. The predicted octanol–water partition coefficient (Wildman–Crippen LogP) is 0.939. The van der Waals surface area contributed by atoms with E-state index in [2.05, 4.69) is 33.0 Å². The third kappa shape index (κ3) is 5.63. The molecule has 2 aliphatic rings. The van der Waals surface area contributed by atoms with Gasteiger partial charge in [0.1, 0.15) is 5.75 Å². The summed E-state index contributed by atoms with van der Waals surface area (Å²) in [5.41, 5.74) is 1.19. The van der Waals surface area contributed by atoms with E-state index in [9.17, 15) is 9.59 Å². The summed E-state index contributed by atoms with van der Waals surface area (Å²) in [6.07, 6.45) is 2.41. The first-order chi connectivity index (χ1) is 14.6. The van der Waals surface area contributed by atoms with Crippen molar-refractivity contribution in [3.63, 3.8) is 0 Å². The lowest BCUT2D eigenvalue weighted by Crippen LogP contribution is -2.43. The van der Waals surface area contributed by atoms with Crippen LogP contribution in [0.4, 0.5) is 4.79 Å². The smallest absolute Gasteiger partial charge is 0.324 e. The number of rotatable bonds is 9. The minimum Gasteiger partial charge on any atom is -0.497 e. The molecule has 0 aromatic heterocycles. The van der Waals surface area contributed by atoms with Crippen LogP contribution in [0, 0.1) is 0 Å². The first-order valence-corrected chi connectivity index (χ1v) is 10.6. The first-order valence-electron chi connectivity index (χ1n) is 10.6. The minimum absolute atomic E-state index is 0.0744. The number of carbonyl (C=O) groups excluding carboxylic acids is 2. The average molecular weight is 417 g/mol. The molecule has 0 saturated carbocycles. The van der Waals surface area contributed by atoms with E-state index in [4.69, 9.17) is 9.73 Å². The summed E-state index contributed by atoms with van der Waals surface area (Å²) in [7, 11) is 1.68. The summed E-state index contributed by atoms with van der Waals surface area (Å²) in [6, 6.07) is 8.01. The minimum atomic E-state index is -0.337. The Bertz CT molecular complexity index is 747. The van der Waals surface area contributed by atoms with E-state index in [0.29, 0.717) is 25.6 Å². The van der Waals surface area contributed by atoms with Crippen LogP contribution in [0.3, 0.4) is 0 Å². The molecule has 3 amide bonds. The lowest BCUT2D eigenvalue weighted by molar-refractivity contribution is -0.124. The highest BCUT2D eigenvalue weighted by Gasteiger charge is 2.28. The van der Waals surface area contributed by atoms with Gasteiger partial charge in [-0.15, -0.1) is 0 Å². The van der Waals surface area contributed by atoms with E-state index in [1.807, 2.05) is 19.1 Å². The Kier molecular flexibility index (Phi) is 7.89. The number of nitrogens with one attached hydrogen (secondary N) is 3. The summed E-state index contributed by atoms with van der Waals surface area (Å²) < 4.78 is 5.41. The van der Waals surface area contributed by atoms with Crippen molar-refractivity contribution in [1.82, 2.24) is 25.8 Å². The molecule has 0 bridgehead atoms. The molecule has 2 heterocycles. The van der Waals surface area contributed by atoms with E-state index in [1.165, 1.54) is 23.3 Å². The van der Waals surface area contributed by atoms with Crippen molar-refractivity contribution in [1.29, 1.82) is 0 Å². The zero-order valence-electron chi connectivity index (χ0n) is 17.8. The molecule has 164 valence electrons. The van der Waals surface area contributed by atoms with Gasteiger partial charge in [0.2, 0.25) is 5.91 Å². The molecule has 3 N–H and O–H groups in total. The molecule has 30 heavy (non-hydrogen) atoms. The predicted molar refractivity (Wildman–Crippen MR) is 116 cm³/mol. The molecule has 2 saturated heterocycles. The Balaban J connectivity index is 1.65. The van der Waals surface area contributed by atoms with Crippen molar-refractivity contribution in [2.75, 3.05) is 52.9 Å². The lowest BCUT2D eigenvalue weighted by atomic mass is 10.1. The fourth-order valence-electron chi connectivity index (χ4n) is 3.82. The fourth-order valence-corrected chi connectivity index (χ4v) is 3.82. The molecule has 1 aromatic rings. The van der Waals surface area contributed by atoms with Gasteiger partial charge in [0.15, 0.2) is 5.96 Å². The second-order valence-corrected chi connectivity index (χ2v) is 7.39. The Morgan fingerprint density at radius 1 is 1.27 bits per heavy atom. The number of urea groups is 1. The molecule has 1 aromatic carbocycles. The van der Waals surface area contributed by atoms with Gasteiger partial charge in [0, 0.05) is 19.6 Å². The number of benzene rings is 1. The van der Waals surface area contributed by atoms with Crippen molar-refractivity contribution in [2.24, 2.45) is 4.99 Å². The van der Waals surface area contributed by atoms with Crippen LogP contribution < -0.4 is 20.7 Å². The molecule has 3 rings (SSSR count). The summed E-state index contributed by atoms with van der Waals surface area (Å²) >= 11 is 0.